The molecule has 0 heterocycles. The third kappa shape index (κ3) is 23.5. The lowest BCUT2D eigenvalue weighted by Crippen LogP contribution is -2.46. The van der Waals surface area contributed by atoms with Crippen molar-refractivity contribution in [2.75, 3.05) is 181 Å². The Morgan fingerprint density at radius 3 is 0.894 bits per heavy atom. The van der Waals surface area contributed by atoms with Gasteiger partial charge in [-0.1, -0.05) is 131 Å². The minimum absolute atomic E-state index is 0.0110. The Hall–Kier alpha value is -8.42. The zero-order valence-corrected chi connectivity index (χ0v) is 59.6. The quantitative estimate of drug-likeness (QED) is 0.0101. The second kappa shape index (κ2) is 42.5. The van der Waals surface area contributed by atoms with Gasteiger partial charge in [-0.2, -0.15) is 0 Å². The predicted molar refractivity (Wildman–Crippen MR) is 403 cm³/mol. The summed E-state index contributed by atoms with van der Waals surface area (Å²) >= 11 is 0. The molecule has 24 nitrogen and oxygen atoms in total. The Kier molecular flexibility index (Phi) is 32.0. The van der Waals surface area contributed by atoms with Crippen molar-refractivity contribution < 1.29 is 96.4 Å². The van der Waals surface area contributed by atoms with Gasteiger partial charge in [-0.3, -0.25) is 19.2 Å². The minimum atomic E-state index is -1.18. The smallest absolute Gasteiger partial charge is 0.247 e. The first-order valence-corrected chi connectivity index (χ1v) is 37.2. The highest BCUT2D eigenvalue weighted by molar-refractivity contribution is 8.76. The fourth-order valence-corrected chi connectivity index (χ4v) is 14.2. The number of aliphatic hydroxyl groups excluding tert-OH is 4. The third-order valence-corrected chi connectivity index (χ3v) is 18.9. The van der Waals surface area contributed by atoms with Crippen LogP contribution in [0.1, 0.15) is 11.1 Å². The second-order valence-electron chi connectivity index (χ2n) is 23.9. The van der Waals surface area contributed by atoms with E-state index in [1.165, 1.54) is 21.6 Å². The van der Waals surface area contributed by atoms with Crippen molar-refractivity contribution in [2.24, 2.45) is 0 Å². The maximum Gasteiger partial charge on any atom is 0.247 e. The second-order valence-corrected chi connectivity index (χ2v) is 26.4. The van der Waals surface area contributed by atoms with E-state index in [4.69, 9.17) is 77.3 Å². The minimum Gasteiger partial charge on any atom is -0.491 e. The van der Waals surface area contributed by atoms with Gasteiger partial charge in [0, 0.05) is 59.3 Å². The molecular formula is C78H90N4O20S2. The molecule has 104 heavy (non-hydrogen) atoms. The van der Waals surface area contributed by atoms with Crippen LogP contribution in [0.5, 0.6) is 23.0 Å². The molecule has 2 atom stereocenters. The molecule has 0 fully saturated rings. The van der Waals surface area contributed by atoms with Crippen molar-refractivity contribution in [3.8, 4) is 23.0 Å². The van der Waals surface area contributed by atoms with E-state index in [1.54, 1.807) is 36.4 Å². The Labute approximate surface area is 610 Å². The van der Waals surface area contributed by atoms with E-state index in [1.807, 2.05) is 48.5 Å². The molecule has 10 aromatic rings. The van der Waals surface area contributed by atoms with Crippen LogP contribution in [0, 0.1) is 0 Å². The molecule has 554 valence electrons. The van der Waals surface area contributed by atoms with Crippen LogP contribution in [0.15, 0.2) is 146 Å². The molecule has 8 N–H and O–H groups in total. The van der Waals surface area contributed by atoms with Gasteiger partial charge >= 0.3 is 0 Å². The third-order valence-electron chi connectivity index (χ3n) is 16.5. The molecule has 0 unspecified atom stereocenters. The lowest BCUT2D eigenvalue weighted by atomic mass is 9.91. The number of aliphatic hydroxyl groups is 4. The lowest BCUT2D eigenvalue weighted by Gasteiger charge is -2.21. The van der Waals surface area contributed by atoms with E-state index < -0.39 is 35.7 Å². The highest BCUT2D eigenvalue weighted by atomic mass is 33.1. The number of anilines is 2. The summed E-state index contributed by atoms with van der Waals surface area (Å²) in [5.74, 6) is -0.645. The molecule has 10 aromatic carbocycles. The first kappa shape index (κ1) is 78.2. The molecule has 0 aliphatic rings. The van der Waals surface area contributed by atoms with Crippen molar-refractivity contribution in [3.63, 3.8) is 0 Å². The zero-order valence-electron chi connectivity index (χ0n) is 57.9. The van der Waals surface area contributed by atoms with Crippen LogP contribution in [0.2, 0.25) is 0 Å². The van der Waals surface area contributed by atoms with Gasteiger partial charge in [-0.05, 0) is 75.8 Å². The van der Waals surface area contributed by atoms with Crippen molar-refractivity contribution in [1.82, 2.24) is 10.6 Å². The highest BCUT2D eigenvalue weighted by Gasteiger charge is 2.27. The number of carbonyl (C=O) groups is 4. The first-order chi connectivity index (χ1) is 51.1. The maximum absolute atomic E-state index is 15.0. The van der Waals surface area contributed by atoms with Crippen LogP contribution in [-0.2, 0) is 69.9 Å². The van der Waals surface area contributed by atoms with E-state index >= 15 is 0 Å². The van der Waals surface area contributed by atoms with E-state index in [2.05, 4.69) is 81.9 Å². The van der Waals surface area contributed by atoms with E-state index in [0.717, 1.165) is 75.8 Å². The lowest BCUT2D eigenvalue weighted by molar-refractivity contribution is -0.125. The number of rotatable bonds is 51. The molecule has 0 aromatic heterocycles. The number of hydrogen-bond acceptors (Lipinski definition) is 22. The van der Waals surface area contributed by atoms with Crippen molar-refractivity contribution in [3.05, 3.63) is 157 Å². The number of ether oxygens (including phenoxy) is 12. The van der Waals surface area contributed by atoms with Gasteiger partial charge in [0.15, 0.2) is 0 Å². The molecule has 0 aliphatic heterocycles. The Morgan fingerprint density at radius 2 is 0.587 bits per heavy atom. The van der Waals surface area contributed by atoms with E-state index in [-0.39, 0.29) is 194 Å². The van der Waals surface area contributed by atoms with Crippen molar-refractivity contribution in [2.45, 2.75) is 24.9 Å². The Bertz CT molecular complexity index is 3940. The predicted octanol–water partition coefficient (Wildman–Crippen LogP) is 8.51. The number of nitrogens with one attached hydrogen (secondary N) is 4. The van der Waals surface area contributed by atoms with Crippen LogP contribution in [-0.4, -0.2) is 226 Å². The molecule has 0 bridgehead atoms. The summed E-state index contributed by atoms with van der Waals surface area (Å²) in [6.07, 6.45) is -0.126. The van der Waals surface area contributed by atoms with Crippen molar-refractivity contribution >= 4 is 121 Å². The first-order valence-electron chi connectivity index (χ1n) is 34.7. The summed E-state index contributed by atoms with van der Waals surface area (Å²) < 4.78 is 68.3. The Balaban J connectivity index is 0.893. The van der Waals surface area contributed by atoms with E-state index in [0.29, 0.717) is 23.0 Å². The standard InChI is InChI=1S/C78H90N4O20S2/c83-19-23-91-27-31-95-35-39-99-63-45-61(46-64(49-63)100-40-36-96-32-28-92-24-20-84)79-77(89)69(81-71(87)43-59-13-11-57-9-7-53-3-1-5-55-15-17-67(59)75(57)73(53)55)51-103-104-52-70(82-72(88)44-60-14-12-58-10-8-54-4-2-6-56-16-18-68(60)76(58)74(54)56)78(90)80-62-47-65(101-41-37-97-33-29-93-25-21-85)50-66(48-62)102-42-38-98-34-30-94-26-22-86/h1-18,45-50,69-70,83-86H,19-44,51-52H2,(H,79,89)(H,80,90)(H,81,87)(H,82,88)/t69-,70-/m0/s1. The van der Waals surface area contributed by atoms with E-state index in [9.17, 15) is 19.2 Å². The molecule has 0 spiro atoms. The van der Waals surface area contributed by atoms with Crippen LogP contribution in [0.3, 0.4) is 0 Å². The molecule has 10 rings (SSSR count). The fourth-order valence-electron chi connectivity index (χ4n) is 11.8. The van der Waals surface area contributed by atoms with Gasteiger partial charge < -0.3 is 98.5 Å². The molecule has 0 aliphatic carbocycles. The summed E-state index contributed by atoms with van der Waals surface area (Å²) in [7, 11) is 2.45. The van der Waals surface area contributed by atoms with Gasteiger partial charge in [-0.25, -0.2) is 0 Å². The van der Waals surface area contributed by atoms with Crippen LogP contribution < -0.4 is 40.2 Å². The molecular weight excluding hydrogens is 1380 g/mol. The van der Waals surface area contributed by atoms with Crippen LogP contribution in [0.4, 0.5) is 11.4 Å². The summed E-state index contributed by atoms with van der Waals surface area (Å²) in [5, 5.41) is 60.8. The fraction of sp³-hybridized carbons (Fsp3) is 0.385. The van der Waals surface area contributed by atoms with Crippen LogP contribution >= 0.6 is 21.6 Å². The maximum atomic E-state index is 15.0. The van der Waals surface area contributed by atoms with Gasteiger partial charge in [0.1, 0.15) is 61.5 Å². The van der Waals surface area contributed by atoms with Gasteiger partial charge in [0.2, 0.25) is 23.6 Å². The number of hydrogen-bond donors (Lipinski definition) is 8. The number of benzene rings is 10. The highest BCUT2D eigenvalue weighted by Crippen LogP contribution is 2.39. The molecule has 0 saturated heterocycles. The monoisotopic (exact) mass is 1470 g/mol. The Morgan fingerprint density at radius 1 is 0.317 bits per heavy atom. The zero-order chi connectivity index (χ0) is 72.5. The summed E-state index contributed by atoms with van der Waals surface area (Å²) in [6.45, 7) is 3.92. The summed E-state index contributed by atoms with van der Waals surface area (Å²) in [4.78, 5) is 59.3. The average Bonchev–Trinajstić information content (AvgIpc) is 0.748. The normalized spacial score (nSPS) is 12.2. The SMILES string of the molecule is O=C(Cc1ccc2ccc3cccc4ccc1c2c34)N[C@@H](CSSC[C@H](NC(=O)Cc1ccc2ccc3cccc4ccc1c2c34)C(=O)Nc1cc(OCCOCCOCCO)cc(OCCOCCOCCO)c1)C(=O)Nc1cc(OCCOCCOCCO)cc(OCCOCCOCCO)c1. The summed E-state index contributed by atoms with van der Waals surface area (Å²) in [6, 6.07) is 44.2. The molecule has 26 heteroatoms. The molecule has 0 saturated carbocycles. The van der Waals surface area contributed by atoms with Gasteiger partial charge in [0.25, 0.3) is 0 Å². The summed E-state index contributed by atoms with van der Waals surface area (Å²) in [5.41, 5.74) is 2.11. The van der Waals surface area contributed by atoms with Crippen molar-refractivity contribution in [1.29, 1.82) is 0 Å². The average molecular weight is 1470 g/mol. The number of carbonyl (C=O) groups excluding carboxylic acids is 4. The number of amides is 4. The van der Waals surface area contributed by atoms with Crippen LogP contribution in [0.25, 0.3) is 64.6 Å². The molecule has 0 radical (unpaired) electrons. The largest absolute Gasteiger partial charge is 0.491 e. The van der Waals surface area contributed by atoms with Gasteiger partial charge in [0.05, 0.1) is 145 Å². The molecule has 4 amide bonds. The van der Waals surface area contributed by atoms with Gasteiger partial charge in [-0.15, -0.1) is 0 Å². The topological polar surface area (TPSA) is 308 Å².